The van der Waals surface area contributed by atoms with Gasteiger partial charge in [-0.2, -0.15) is 0 Å². The molecule has 0 spiro atoms. The Morgan fingerprint density at radius 1 is 1.31 bits per heavy atom. The molecule has 0 saturated carbocycles. The van der Waals surface area contributed by atoms with Gasteiger partial charge in [0, 0.05) is 19.3 Å². The Morgan fingerprint density at radius 3 is 2.46 bits per heavy atom. The lowest BCUT2D eigenvalue weighted by Crippen LogP contribution is -2.16. The van der Waals surface area contributed by atoms with Crippen molar-refractivity contribution < 1.29 is 4.39 Å². The van der Waals surface area contributed by atoms with E-state index in [9.17, 15) is 4.39 Å². The molecule has 1 aromatic rings. The molecule has 1 rings (SSSR count). The van der Waals surface area contributed by atoms with Crippen LogP contribution in [0.5, 0.6) is 0 Å². The van der Waals surface area contributed by atoms with E-state index in [0.29, 0.717) is 0 Å². The van der Waals surface area contributed by atoms with Crippen LogP contribution in [0.15, 0.2) is 36.4 Å². The summed E-state index contributed by atoms with van der Waals surface area (Å²) >= 11 is 0. The van der Waals surface area contributed by atoms with E-state index in [1.54, 1.807) is 12.1 Å². The summed E-state index contributed by atoms with van der Waals surface area (Å²) in [5.41, 5.74) is 1.03. The van der Waals surface area contributed by atoms with Crippen LogP contribution in [-0.2, 0) is 0 Å². The first kappa shape index (κ1) is 9.78. The third-order valence-electron chi connectivity index (χ3n) is 1.88. The highest BCUT2D eigenvalue weighted by atomic mass is 19.1. The summed E-state index contributed by atoms with van der Waals surface area (Å²) in [5.74, 6) is -0.191. The lowest BCUT2D eigenvalue weighted by Gasteiger charge is -2.16. The number of benzene rings is 1. The molecule has 0 unspecified atom stereocenters. The Bertz CT molecular complexity index is 277. The SMILES string of the molecule is C/C=C/CN(C)c1ccc(F)cc1. The van der Waals surface area contributed by atoms with Crippen molar-refractivity contribution in [2.45, 2.75) is 6.92 Å². The van der Waals surface area contributed by atoms with Crippen LogP contribution in [0.3, 0.4) is 0 Å². The molecule has 2 heteroatoms. The monoisotopic (exact) mass is 179 g/mol. The van der Waals surface area contributed by atoms with E-state index in [2.05, 4.69) is 11.0 Å². The van der Waals surface area contributed by atoms with Crippen molar-refractivity contribution in [3.05, 3.63) is 42.2 Å². The van der Waals surface area contributed by atoms with E-state index in [4.69, 9.17) is 0 Å². The fourth-order valence-corrected chi connectivity index (χ4v) is 1.06. The molecular formula is C11H14FN. The number of rotatable bonds is 3. The van der Waals surface area contributed by atoms with Gasteiger partial charge in [0.2, 0.25) is 0 Å². The van der Waals surface area contributed by atoms with Gasteiger partial charge >= 0.3 is 0 Å². The molecule has 1 aromatic carbocycles. The Hall–Kier alpha value is -1.31. The number of anilines is 1. The summed E-state index contributed by atoms with van der Waals surface area (Å²) in [6.07, 6.45) is 4.06. The molecule has 13 heavy (non-hydrogen) atoms. The van der Waals surface area contributed by atoms with Gasteiger partial charge in [-0.15, -0.1) is 0 Å². The summed E-state index contributed by atoms with van der Waals surface area (Å²) < 4.78 is 12.6. The molecule has 0 aliphatic heterocycles. The second-order valence-electron chi connectivity index (χ2n) is 2.93. The molecule has 0 fully saturated rings. The van der Waals surface area contributed by atoms with Crippen LogP contribution < -0.4 is 4.90 Å². The van der Waals surface area contributed by atoms with Crippen LogP contribution in [0.25, 0.3) is 0 Å². The van der Waals surface area contributed by atoms with Crippen molar-refractivity contribution in [2.75, 3.05) is 18.5 Å². The molecule has 0 atom stereocenters. The van der Waals surface area contributed by atoms with E-state index in [0.717, 1.165) is 12.2 Å². The van der Waals surface area contributed by atoms with Gasteiger partial charge in [-0.1, -0.05) is 12.2 Å². The van der Waals surface area contributed by atoms with Crippen LogP contribution in [0, 0.1) is 5.82 Å². The minimum absolute atomic E-state index is 0.191. The van der Waals surface area contributed by atoms with Gasteiger partial charge in [-0.3, -0.25) is 0 Å². The van der Waals surface area contributed by atoms with Crippen molar-refractivity contribution in [3.63, 3.8) is 0 Å². The van der Waals surface area contributed by atoms with E-state index in [1.807, 2.05) is 20.0 Å². The van der Waals surface area contributed by atoms with Gasteiger partial charge < -0.3 is 4.90 Å². The second-order valence-corrected chi connectivity index (χ2v) is 2.93. The number of allylic oxidation sites excluding steroid dienone is 1. The first-order valence-corrected chi connectivity index (χ1v) is 4.32. The van der Waals surface area contributed by atoms with E-state index < -0.39 is 0 Å². The van der Waals surface area contributed by atoms with Crippen molar-refractivity contribution >= 4 is 5.69 Å². The molecule has 0 N–H and O–H groups in total. The van der Waals surface area contributed by atoms with Gasteiger partial charge in [-0.05, 0) is 31.2 Å². The average Bonchev–Trinajstić information content (AvgIpc) is 2.15. The summed E-state index contributed by atoms with van der Waals surface area (Å²) in [7, 11) is 1.98. The second kappa shape index (κ2) is 4.65. The maximum atomic E-state index is 12.6. The summed E-state index contributed by atoms with van der Waals surface area (Å²) in [6.45, 7) is 2.83. The Morgan fingerprint density at radius 2 is 1.92 bits per heavy atom. The van der Waals surface area contributed by atoms with E-state index >= 15 is 0 Å². The Balaban J connectivity index is 2.66. The summed E-state index contributed by atoms with van der Waals surface area (Å²) in [6, 6.07) is 6.50. The molecule has 70 valence electrons. The minimum Gasteiger partial charge on any atom is -0.371 e. The Kier molecular flexibility index (Phi) is 3.50. The molecular weight excluding hydrogens is 165 g/mol. The number of hydrogen-bond acceptors (Lipinski definition) is 1. The molecule has 0 aliphatic rings. The highest BCUT2D eigenvalue weighted by Crippen LogP contribution is 2.12. The fraction of sp³-hybridized carbons (Fsp3) is 0.273. The van der Waals surface area contributed by atoms with E-state index in [1.165, 1.54) is 12.1 Å². The normalized spacial score (nSPS) is 10.7. The zero-order valence-corrected chi connectivity index (χ0v) is 8.00. The van der Waals surface area contributed by atoms with Gasteiger partial charge in [0.25, 0.3) is 0 Å². The van der Waals surface area contributed by atoms with Crippen molar-refractivity contribution in [1.82, 2.24) is 0 Å². The molecule has 0 heterocycles. The van der Waals surface area contributed by atoms with Crippen LogP contribution >= 0.6 is 0 Å². The first-order chi connectivity index (χ1) is 6.24. The van der Waals surface area contributed by atoms with Crippen molar-refractivity contribution in [1.29, 1.82) is 0 Å². The number of nitrogens with zero attached hydrogens (tertiary/aromatic N) is 1. The van der Waals surface area contributed by atoms with Gasteiger partial charge in [0.05, 0.1) is 0 Å². The van der Waals surface area contributed by atoms with Gasteiger partial charge in [0.15, 0.2) is 0 Å². The third-order valence-corrected chi connectivity index (χ3v) is 1.88. The summed E-state index contributed by atoms with van der Waals surface area (Å²) in [5, 5.41) is 0. The molecule has 0 saturated heterocycles. The lowest BCUT2D eigenvalue weighted by molar-refractivity contribution is 0.627. The quantitative estimate of drug-likeness (QED) is 0.645. The largest absolute Gasteiger partial charge is 0.371 e. The van der Waals surface area contributed by atoms with Crippen molar-refractivity contribution in [3.8, 4) is 0 Å². The molecule has 1 nitrogen and oxygen atoms in total. The Labute approximate surface area is 78.5 Å². The van der Waals surface area contributed by atoms with Crippen LogP contribution in [0.1, 0.15) is 6.92 Å². The predicted molar refractivity (Wildman–Crippen MR) is 54.5 cm³/mol. The molecule has 0 bridgehead atoms. The fourth-order valence-electron chi connectivity index (χ4n) is 1.06. The molecule has 0 aromatic heterocycles. The summed E-state index contributed by atoms with van der Waals surface area (Å²) in [4.78, 5) is 2.06. The smallest absolute Gasteiger partial charge is 0.123 e. The zero-order valence-electron chi connectivity index (χ0n) is 8.00. The minimum atomic E-state index is -0.191. The van der Waals surface area contributed by atoms with E-state index in [-0.39, 0.29) is 5.82 Å². The number of likely N-dealkylation sites (N-methyl/N-ethyl adjacent to an activating group) is 1. The maximum absolute atomic E-state index is 12.6. The zero-order chi connectivity index (χ0) is 9.68. The topological polar surface area (TPSA) is 3.24 Å². The standard InChI is InChI=1S/C11H14FN/c1-3-4-9-13(2)11-7-5-10(12)6-8-11/h3-8H,9H2,1-2H3/b4-3+. The predicted octanol–water partition coefficient (Wildman–Crippen LogP) is 2.84. The molecule has 0 amide bonds. The van der Waals surface area contributed by atoms with Crippen LogP contribution in [0.4, 0.5) is 10.1 Å². The third kappa shape index (κ3) is 2.90. The number of halogens is 1. The highest BCUT2D eigenvalue weighted by Gasteiger charge is 1.97. The number of hydrogen-bond donors (Lipinski definition) is 0. The van der Waals surface area contributed by atoms with Crippen molar-refractivity contribution in [2.24, 2.45) is 0 Å². The lowest BCUT2D eigenvalue weighted by atomic mass is 10.3. The molecule has 0 radical (unpaired) electrons. The highest BCUT2D eigenvalue weighted by molar-refractivity contribution is 5.45. The van der Waals surface area contributed by atoms with Gasteiger partial charge in [0.1, 0.15) is 5.82 Å². The van der Waals surface area contributed by atoms with Gasteiger partial charge in [-0.25, -0.2) is 4.39 Å². The maximum Gasteiger partial charge on any atom is 0.123 e. The van der Waals surface area contributed by atoms with Crippen LogP contribution in [-0.4, -0.2) is 13.6 Å². The first-order valence-electron chi connectivity index (χ1n) is 4.32. The average molecular weight is 179 g/mol. The van der Waals surface area contributed by atoms with Crippen LogP contribution in [0.2, 0.25) is 0 Å². The molecule has 0 aliphatic carbocycles.